The van der Waals surface area contributed by atoms with Gasteiger partial charge in [-0.1, -0.05) is 12.2 Å². The van der Waals surface area contributed by atoms with Crippen LogP contribution in [0.5, 0.6) is 0 Å². The summed E-state index contributed by atoms with van der Waals surface area (Å²) in [5.74, 6) is 0.785. The highest BCUT2D eigenvalue weighted by Gasteiger charge is 2.06. The summed E-state index contributed by atoms with van der Waals surface area (Å²) in [6.07, 6.45) is 5.36. The lowest BCUT2D eigenvalue weighted by molar-refractivity contribution is 0.929. The van der Waals surface area contributed by atoms with E-state index in [1.165, 1.54) is 0 Å². The number of nitrogen functional groups attached to an aromatic ring is 1. The zero-order chi connectivity index (χ0) is 10.4. The number of hydrogen-bond donors (Lipinski definition) is 1. The van der Waals surface area contributed by atoms with Gasteiger partial charge in [0.2, 0.25) is 0 Å². The van der Waals surface area contributed by atoms with Gasteiger partial charge < -0.3 is 10.6 Å². The molecule has 1 heterocycles. The lowest BCUT2D eigenvalue weighted by Gasteiger charge is -2.21. The van der Waals surface area contributed by atoms with Crippen molar-refractivity contribution in [2.75, 3.05) is 23.7 Å². The van der Waals surface area contributed by atoms with Gasteiger partial charge >= 0.3 is 0 Å². The van der Waals surface area contributed by atoms with Gasteiger partial charge in [0.25, 0.3) is 0 Å². The molecule has 1 aromatic heterocycles. The fourth-order valence-electron chi connectivity index (χ4n) is 1.23. The molecule has 0 unspecified atom stereocenters. The van der Waals surface area contributed by atoms with Gasteiger partial charge in [0.15, 0.2) is 5.82 Å². The van der Waals surface area contributed by atoms with Crippen LogP contribution in [-0.2, 0) is 0 Å². The van der Waals surface area contributed by atoms with Crippen molar-refractivity contribution in [3.63, 3.8) is 0 Å². The fourth-order valence-corrected chi connectivity index (χ4v) is 1.23. The van der Waals surface area contributed by atoms with E-state index >= 15 is 0 Å². The quantitative estimate of drug-likeness (QED) is 0.719. The summed E-state index contributed by atoms with van der Waals surface area (Å²) in [6.45, 7) is 8.82. The largest absolute Gasteiger partial charge is 0.396 e. The van der Waals surface area contributed by atoms with Crippen molar-refractivity contribution in [1.82, 2.24) is 4.98 Å². The summed E-state index contributed by atoms with van der Waals surface area (Å²) >= 11 is 0. The Morgan fingerprint density at radius 3 is 2.50 bits per heavy atom. The molecule has 14 heavy (non-hydrogen) atoms. The summed E-state index contributed by atoms with van der Waals surface area (Å²) in [7, 11) is 0. The monoisotopic (exact) mass is 189 g/mol. The first-order chi connectivity index (χ1) is 6.79. The van der Waals surface area contributed by atoms with Crippen molar-refractivity contribution in [3.8, 4) is 0 Å². The second-order valence-electron chi connectivity index (χ2n) is 2.90. The molecule has 0 aromatic carbocycles. The number of anilines is 2. The molecule has 3 nitrogen and oxygen atoms in total. The molecule has 0 radical (unpaired) electrons. The standard InChI is InChI=1S/C11H15N3/c1-3-8-14(9-4-2)11-10(12)6-5-7-13-11/h3-7H,1-2,8-9,12H2. The van der Waals surface area contributed by atoms with Crippen molar-refractivity contribution >= 4 is 11.5 Å². The van der Waals surface area contributed by atoms with Gasteiger partial charge in [0.1, 0.15) is 0 Å². The number of nitrogens with two attached hydrogens (primary N) is 1. The van der Waals surface area contributed by atoms with E-state index in [9.17, 15) is 0 Å². The summed E-state index contributed by atoms with van der Waals surface area (Å²) in [4.78, 5) is 6.23. The number of hydrogen-bond acceptors (Lipinski definition) is 3. The highest BCUT2D eigenvalue weighted by molar-refractivity contribution is 5.62. The maximum Gasteiger partial charge on any atom is 0.152 e. The maximum atomic E-state index is 5.81. The molecule has 1 rings (SSSR count). The third kappa shape index (κ3) is 2.36. The van der Waals surface area contributed by atoms with Crippen LogP contribution in [0.2, 0.25) is 0 Å². The normalized spacial score (nSPS) is 9.43. The Hall–Kier alpha value is -1.77. The van der Waals surface area contributed by atoms with Gasteiger partial charge in [-0.2, -0.15) is 0 Å². The summed E-state index contributed by atoms with van der Waals surface area (Å²) in [5, 5.41) is 0. The van der Waals surface area contributed by atoms with E-state index in [1.54, 1.807) is 6.20 Å². The molecule has 0 aliphatic heterocycles. The minimum Gasteiger partial charge on any atom is -0.396 e. The first-order valence-corrected chi connectivity index (χ1v) is 4.46. The predicted octanol–water partition coefficient (Wildman–Crippen LogP) is 1.84. The van der Waals surface area contributed by atoms with Gasteiger partial charge in [-0.25, -0.2) is 4.98 Å². The molecular formula is C11H15N3. The predicted molar refractivity (Wildman–Crippen MR) is 61.3 cm³/mol. The summed E-state index contributed by atoms with van der Waals surface area (Å²) < 4.78 is 0. The first-order valence-electron chi connectivity index (χ1n) is 4.46. The van der Waals surface area contributed by atoms with Gasteiger partial charge in [-0.05, 0) is 12.1 Å². The van der Waals surface area contributed by atoms with Crippen LogP contribution < -0.4 is 10.6 Å². The third-order valence-electron chi connectivity index (χ3n) is 1.82. The Bertz CT molecular complexity index is 310. The molecule has 0 saturated carbocycles. The molecule has 0 aliphatic carbocycles. The van der Waals surface area contributed by atoms with E-state index in [0.29, 0.717) is 18.8 Å². The summed E-state index contributed by atoms with van der Waals surface area (Å²) in [5.41, 5.74) is 6.49. The second-order valence-corrected chi connectivity index (χ2v) is 2.90. The van der Waals surface area contributed by atoms with Crippen molar-refractivity contribution < 1.29 is 0 Å². The Morgan fingerprint density at radius 1 is 1.36 bits per heavy atom. The highest BCUT2D eigenvalue weighted by Crippen LogP contribution is 2.18. The van der Waals surface area contributed by atoms with E-state index in [-0.39, 0.29) is 0 Å². The molecule has 0 amide bonds. The molecule has 3 heteroatoms. The topological polar surface area (TPSA) is 42.2 Å². The summed E-state index contributed by atoms with van der Waals surface area (Å²) in [6, 6.07) is 3.65. The fraction of sp³-hybridized carbons (Fsp3) is 0.182. The Labute approximate surface area is 84.6 Å². The zero-order valence-corrected chi connectivity index (χ0v) is 8.19. The molecule has 0 spiro atoms. The van der Waals surface area contributed by atoms with Gasteiger partial charge in [-0.3, -0.25) is 0 Å². The van der Waals surface area contributed by atoms with Crippen molar-refractivity contribution in [3.05, 3.63) is 43.6 Å². The number of rotatable bonds is 5. The Morgan fingerprint density at radius 2 is 2.00 bits per heavy atom. The average Bonchev–Trinajstić information content (AvgIpc) is 2.18. The molecule has 0 aliphatic rings. The second kappa shape index (κ2) is 5.07. The number of pyridine rings is 1. The van der Waals surface area contributed by atoms with Crippen molar-refractivity contribution in [1.29, 1.82) is 0 Å². The minimum atomic E-state index is 0.677. The molecule has 0 atom stereocenters. The minimum absolute atomic E-state index is 0.677. The average molecular weight is 189 g/mol. The Kier molecular flexibility index (Phi) is 3.73. The van der Waals surface area contributed by atoms with Crippen LogP contribution in [0.3, 0.4) is 0 Å². The molecule has 1 aromatic rings. The SMILES string of the molecule is C=CCN(CC=C)c1ncccc1N. The smallest absolute Gasteiger partial charge is 0.152 e. The highest BCUT2D eigenvalue weighted by atomic mass is 15.2. The van der Waals surface area contributed by atoms with Crippen LogP contribution in [0.1, 0.15) is 0 Å². The van der Waals surface area contributed by atoms with Crippen LogP contribution in [0.4, 0.5) is 11.5 Å². The first kappa shape index (κ1) is 10.3. The maximum absolute atomic E-state index is 5.81. The van der Waals surface area contributed by atoms with Crippen LogP contribution in [-0.4, -0.2) is 18.1 Å². The molecule has 0 fully saturated rings. The van der Waals surface area contributed by atoms with E-state index in [2.05, 4.69) is 18.1 Å². The van der Waals surface area contributed by atoms with E-state index in [4.69, 9.17) is 5.73 Å². The van der Waals surface area contributed by atoms with Crippen LogP contribution in [0.25, 0.3) is 0 Å². The Balaban J connectivity index is 2.91. The lowest BCUT2D eigenvalue weighted by Crippen LogP contribution is -2.25. The zero-order valence-electron chi connectivity index (χ0n) is 8.19. The third-order valence-corrected chi connectivity index (χ3v) is 1.82. The van der Waals surface area contributed by atoms with E-state index in [0.717, 1.165) is 5.82 Å². The van der Waals surface area contributed by atoms with Crippen LogP contribution >= 0.6 is 0 Å². The van der Waals surface area contributed by atoms with Gasteiger partial charge in [0, 0.05) is 19.3 Å². The van der Waals surface area contributed by atoms with Crippen molar-refractivity contribution in [2.45, 2.75) is 0 Å². The van der Waals surface area contributed by atoms with Crippen molar-refractivity contribution in [2.24, 2.45) is 0 Å². The van der Waals surface area contributed by atoms with Gasteiger partial charge in [0.05, 0.1) is 5.69 Å². The number of nitrogens with zero attached hydrogens (tertiary/aromatic N) is 2. The molecule has 0 saturated heterocycles. The molecular weight excluding hydrogens is 174 g/mol. The van der Waals surface area contributed by atoms with Crippen LogP contribution in [0, 0.1) is 0 Å². The van der Waals surface area contributed by atoms with E-state index in [1.807, 2.05) is 29.2 Å². The van der Waals surface area contributed by atoms with E-state index < -0.39 is 0 Å². The molecule has 0 bridgehead atoms. The molecule has 74 valence electrons. The number of aromatic nitrogens is 1. The lowest BCUT2D eigenvalue weighted by atomic mass is 10.3. The van der Waals surface area contributed by atoms with Gasteiger partial charge in [-0.15, -0.1) is 13.2 Å². The van der Waals surface area contributed by atoms with Crippen LogP contribution in [0.15, 0.2) is 43.6 Å². The molecule has 2 N–H and O–H groups in total.